The van der Waals surface area contributed by atoms with Crippen molar-refractivity contribution in [1.29, 1.82) is 0 Å². The van der Waals surface area contributed by atoms with Gasteiger partial charge in [-0.3, -0.25) is 4.90 Å². The van der Waals surface area contributed by atoms with Gasteiger partial charge >= 0.3 is 17.9 Å². The fraction of sp³-hybridized carbons (Fsp3) is 0.675. The lowest BCUT2D eigenvalue weighted by molar-refractivity contribution is -0.298. The second-order valence-electron chi connectivity index (χ2n) is 15.2. The first-order valence-corrected chi connectivity index (χ1v) is 18.4. The second-order valence-corrected chi connectivity index (χ2v) is 15.2. The number of carbonyl (C=O) groups excluding carboxylic acids is 3. The van der Waals surface area contributed by atoms with Crippen LogP contribution in [0.4, 0.5) is 0 Å². The summed E-state index contributed by atoms with van der Waals surface area (Å²) in [6.45, 7) is 15.2. The topological polar surface area (TPSA) is 143 Å². The molecule has 2 heterocycles. The summed E-state index contributed by atoms with van der Waals surface area (Å²) in [4.78, 5) is 42.5. The van der Waals surface area contributed by atoms with Crippen molar-refractivity contribution in [1.82, 2.24) is 9.80 Å². The highest BCUT2D eigenvalue weighted by Crippen LogP contribution is 2.41. The number of aliphatic hydroxyl groups excluding tert-OH is 1. The molecular weight excluding hydrogens is 684 g/mol. The van der Waals surface area contributed by atoms with Gasteiger partial charge in [0.25, 0.3) is 0 Å². The van der Waals surface area contributed by atoms with E-state index in [0.717, 1.165) is 0 Å². The molecule has 298 valence electrons. The zero-order valence-corrected chi connectivity index (χ0v) is 33.6. The Balaban J connectivity index is 2.04. The number of hydrogen-bond donors (Lipinski definition) is 1. The summed E-state index contributed by atoms with van der Waals surface area (Å²) < 4.78 is 43.0. The highest BCUT2D eigenvalue weighted by Gasteiger charge is 2.50. The van der Waals surface area contributed by atoms with Crippen molar-refractivity contribution in [2.24, 2.45) is 11.8 Å². The molecule has 1 N–H and O–H groups in total. The molecule has 13 nitrogen and oxygen atoms in total. The zero-order valence-electron chi connectivity index (χ0n) is 33.6. The van der Waals surface area contributed by atoms with E-state index in [4.69, 9.17) is 33.2 Å². The Labute approximate surface area is 315 Å². The van der Waals surface area contributed by atoms with Crippen LogP contribution < -0.4 is 0 Å². The standard InChI is InChI=1S/C40H62N2O11/c1-13-48-32(44)20-19-30(24-43)42(11)23-25(2)22-40(8,47-12)35(27(4)33-28(5)36(45)53-39(6,7)52-33)51-38-34(31(41(9)10)21-26(3)49-38)50-37(46)29-17-15-14-16-18-29/h14-20,25-27,30-31,34-35,38,43H,13,21-24H2,1-12H3/b20-19+/t25?,26-,27?,30?,31+,34-,35?,38+,40?/m1/s1. The molecule has 3 rings (SSSR count). The van der Waals surface area contributed by atoms with Crippen molar-refractivity contribution in [2.45, 2.75) is 116 Å². The fourth-order valence-corrected chi connectivity index (χ4v) is 7.23. The molecule has 2 aliphatic heterocycles. The Morgan fingerprint density at radius 1 is 1.13 bits per heavy atom. The number of carbonyl (C=O) groups is 3. The number of rotatable bonds is 18. The van der Waals surface area contributed by atoms with Crippen LogP contribution in [0, 0.1) is 11.8 Å². The van der Waals surface area contributed by atoms with Crippen LogP contribution in [0.25, 0.3) is 0 Å². The number of hydrogen-bond acceptors (Lipinski definition) is 13. The maximum atomic E-state index is 13.5. The quantitative estimate of drug-likeness (QED) is 0.126. The van der Waals surface area contributed by atoms with Crippen molar-refractivity contribution in [3.8, 4) is 0 Å². The van der Waals surface area contributed by atoms with Gasteiger partial charge in [0.15, 0.2) is 12.4 Å². The predicted molar refractivity (Wildman–Crippen MR) is 199 cm³/mol. The Kier molecular flexibility index (Phi) is 16.1. The molecule has 9 atom stereocenters. The number of benzene rings is 1. The van der Waals surface area contributed by atoms with Gasteiger partial charge in [-0.1, -0.05) is 38.1 Å². The van der Waals surface area contributed by atoms with E-state index in [1.165, 1.54) is 6.08 Å². The van der Waals surface area contributed by atoms with Crippen molar-refractivity contribution in [3.63, 3.8) is 0 Å². The van der Waals surface area contributed by atoms with E-state index in [0.29, 0.717) is 36.3 Å². The maximum absolute atomic E-state index is 13.5. The third kappa shape index (κ3) is 11.8. The lowest BCUT2D eigenvalue weighted by atomic mass is 9.80. The number of likely N-dealkylation sites (N-methyl/N-ethyl adjacent to an activating group) is 2. The van der Waals surface area contributed by atoms with Gasteiger partial charge in [0, 0.05) is 39.5 Å². The summed E-state index contributed by atoms with van der Waals surface area (Å²) in [7, 11) is 7.34. The second kappa shape index (κ2) is 19.3. The molecule has 1 aromatic carbocycles. The molecule has 0 amide bonds. The molecule has 2 aliphatic rings. The number of aliphatic hydroxyl groups is 1. The predicted octanol–water partition coefficient (Wildman–Crippen LogP) is 4.73. The normalized spacial score (nSPS) is 25.3. The first-order chi connectivity index (χ1) is 24.9. The average Bonchev–Trinajstić information content (AvgIpc) is 3.09. The van der Waals surface area contributed by atoms with E-state index >= 15 is 0 Å². The van der Waals surface area contributed by atoms with Crippen molar-refractivity contribution in [2.75, 3.05) is 48.0 Å². The van der Waals surface area contributed by atoms with E-state index in [1.807, 2.05) is 57.8 Å². The average molecular weight is 747 g/mol. The van der Waals surface area contributed by atoms with E-state index in [9.17, 15) is 19.5 Å². The van der Waals surface area contributed by atoms with Crippen molar-refractivity contribution in [3.05, 3.63) is 59.4 Å². The number of esters is 3. The summed E-state index contributed by atoms with van der Waals surface area (Å²) in [5.74, 6) is -2.90. The zero-order chi connectivity index (χ0) is 39.7. The van der Waals surface area contributed by atoms with Crippen molar-refractivity contribution < 1.29 is 52.6 Å². The first-order valence-electron chi connectivity index (χ1n) is 18.4. The van der Waals surface area contributed by atoms with Crippen LogP contribution in [0.5, 0.6) is 0 Å². The van der Waals surface area contributed by atoms with Gasteiger partial charge in [0.2, 0.25) is 5.79 Å². The summed E-state index contributed by atoms with van der Waals surface area (Å²) in [5, 5.41) is 10.1. The van der Waals surface area contributed by atoms with Crippen LogP contribution in [0.1, 0.15) is 78.6 Å². The molecule has 0 aromatic heterocycles. The SMILES string of the molecule is CCOC(=O)/C=C/C(CO)N(C)CC(C)CC(C)(OC)C(O[C@@H]1O[C@H](C)C[C@H](N(C)C)[C@H]1OC(=O)c1ccccc1)C(C)C1=C(C)C(=O)OC(C)(C)O1. The van der Waals surface area contributed by atoms with E-state index in [1.54, 1.807) is 65.1 Å². The largest absolute Gasteiger partial charge is 0.463 e. The Bertz CT molecular complexity index is 1430. The molecular formula is C40H62N2O11. The summed E-state index contributed by atoms with van der Waals surface area (Å²) in [6, 6.07) is 8.11. The van der Waals surface area contributed by atoms with Crippen LogP contribution in [0.15, 0.2) is 53.8 Å². The molecule has 0 spiro atoms. The fourth-order valence-electron chi connectivity index (χ4n) is 7.23. The Hall–Kier alpha value is -3.33. The van der Waals surface area contributed by atoms with Gasteiger partial charge in [0.05, 0.1) is 54.2 Å². The number of methoxy groups -OCH3 is 1. The van der Waals surface area contributed by atoms with Crippen molar-refractivity contribution >= 4 is 17.9 Å². The van der Waals surface area contributed by atoms with Gasteiger partial charge in [-0.2, -0.15) is 0 Å². The van der Waals surface area contributed by atoms with Gasteiger partial charge in [-0.15, -0.1) is 0 Å². The third-order valence-corrected chi connectivity index (χ3v) is 9.94. The molecule has 53 heavy (non-hydrogen) atoms. The van der Waals surface area contributed by atoms with E-state index in [-0.39, 0.29) is 31.3 Å². The van der Waals surface area contributed by atoms with Crippen LogP contribution in [0.3, 0.4) is 0 Å². The molecule has 5 unspecified atom stereocenters. The summed E-state index contributed by atoms with van der Waals surface area (Å²) in [6.07, 6.45) is 1.12. The van der Waals surface area contributed by atoms with Crippen LogP contribution in [-0.4, -0.2) is 129 Å². The Morgan fingerprint density at radius 2 is 1.79 bits per heavy atom. The summed E-state index contributed by atoms with van der Waals surface area (Å²) in [5.41, 5.74) is -0.308. The smallest absolute Gasteiger partial charge is 0.340 e. The molecule has 1 fully saturated rings. The van der Waals surface area contributed by atoms with Gasteiger partial charge in [-0.25, -0.2) is 14.4 Å². The Morgan fingerprint density at radius 3 is 2.38 bits per heavy atom. The minimum absolute atomic E-state index is 0.0375. The molecule has 0 saturated carbocycles. The lowest BCUT2D eigenvalue weighted by Crippen LogP contribution is -2.59. The molecule has 13 heteroatoms. The minimum atomic E-state index is -1.22. The van der Waals surface area contributed by atoms with Gasteiger partial charge in [-0.05, 0) is 79.7 Å². The molecule has 1 aromatic rings. The number of cyclic esters (lactones) is 1. The number of ether oxygens (including phenoxy) is 7. The van der Waals surface area contributed by atoms with Gasteiger partial charge in [0.1, 0.15) is 5.76 Å². The highest BCUT2D eigenvalue weighted by molar-refractivity contribution is 5.90. The maximum Gasteiger partial charge on any atom is 0.340 e. The third-order valence-electron chi connectivity index (χ3n) is 9.94. The van der Waals surface area contributed by atoms with E-state index in [2.05, 4.69) is 6.92 Å². The van der Waals surface area contributed by atoms with E-state index < -0.39 is 59.8 Å². The monoisotopic (exact) mass is 746 g/mol. The van der Waals surface area contributed by atoms with Gasteiger partial charge < -0.3 is 43.2 Å². The molecule has 0 bridgehead atoms. The molecule has 0 aliphatic carbocycles. The highest BCUT2D eigenvalue weighted by atomic mass is 16.7. The molecule has 1 saturated heterocycles. The van der Waals surface area contributed by atoms with Crippen LogP contribution >= 0.6 is 0 Å². The van der Waals surface area contributed by atoms with Crippen LogP contribution in [0.2, 0.25) is 0 Å². The van der Waals surface area contributed by atoms with Crippen LogP contribution in [-0.2, 0) is 42.7 Å². The number of nitrogens with zero attached hydrogens (tertiary/aromatic N) is 2. The molecule has 0 radical (unpaired) electrons. The minimum Gasteiger partial charge on any atom is -0.463 e. The first kappa shape index (κ1) is 44.1. The summed E-state index contributed by atoms with van der Waals surface area (Å²) >= 11 is 0. The lowest BCUT2D eigenvalue weighted by Gasteiger charge is -2.48.